The fourth-order valence-electron chi connectivity index (χ4n) is 9.16. The molecule has 4 heterocycles. The molecule has 274 valence electrons. The van der Waals surface area contributed by atoms with E-state index in [9.17, 15) is 0 Å². The zero-order chi connectivity index (χ0) is 38.3. The number of benzene rings is 8. The lowest BCUT2D eigenvalue weighted by atomic mass is 9.90. The van der Waals surface area contributed by atoms with Crippen molar-refractivity contribution in [3.8, 4) is 5.69 Å². The van der Waals surface area contributed by atoms with Gasteiger partial charge >= 0.3 is 0 Å². The van der Waals surface area contributed by atoms with Crippen molar-refractivity contribution in [3.63, 3.8) is 0 Å². The first-order chi connectivity index (χ1) is 28.7. The van der Waals surface area contributed by atoms with Gasteiger partial charge in [0.05, 0.1) is 28.1 Å². The molecule has 0 N–H and O–H groups in total. The Hall–Kier alpha value is -7.08. The van der Waals surface area contributed by atoms with Gasteiger partial charge in [-0.25, -0.2) is 9.98 Å². The predicted molar refractivity (Wildman–Crippen MR) is 246 cm³/mol. The Kier molecular flexibility index (Phi) is 7.41. The summed E-state index contributed by atoms with van der Waals surface area (Å²) in [4.78, 5) is 11.3. The molecule has 1 atom stereocenters. The molecule has 1 unspecified atom stereocenters. The normalized spacial score (nSPS) is 17.7. The van der Waals surface area contributed by atoms with Gasteiger partial charge in [0.15, 0.2) is 5.84 Å². The van der Waals surface area contributed by atoms with E-state index >= 15 is 0 Å². The number of furan rings is 1. The molecule has 12 rings (SSSR count). The van der Waals surface area contributed by atoms with Crippen molar-refractivity contribution in [2.45, 2.75) is 13.3 Å². The van der Waals surface area contributed by atoms with Crippen LogP contribution in [-0.4, -0.2) is 16.1 Å². The molecule has 1 aliphatic heterocycles. The van der Waals surface area contributed by atoms with Crippen molar-refractivity contribution >= 4 is 103 Å². The summed E-state index contributed by atoms with van der Waals surface area (Å²) < 4.78 is 11.6. The Morgan fingerprint density at radius 1 is 0.569 bits per heavy atom. The Bertz CT molecular complexity index is 3560. The van der Waals surface area contributed by atoms with Crippen molar-refractivity contribution in [3.05, 3.63) is 193 Å². The van der Waals surface area contributed by atoms with Crippen LogP contribution in [0.5, 0.6) is 0 Å². The maximum absolute atomic E-state index is 6.61. The number of aliphatic imine (C=N–C) groups is 2. The average Bonchev–Trinajstić information content (AvgIpc) is 3.94. The fraction of sp³-hybridized carbons (Fsp3) is 0.0566. The van der Waals surface area contributed by atoms with Gasteiger partial charge < -0.3 is 8.98 Å². The molecule has 3 aromatic heterocycles. The second-order valence-electron chi connectivity index (χ2n) is 15.3. The average molecular weight is 762 g/mol. The molecular weight excluding hydrogens is 727 g/mol. The van der Waals surface area contributed by atoms with Gasteiger partial charge in [-0.3, -0.25) is 0 Å². The largest absolute Gasteiger partial charge is 0.456 e. The van der Waals surface area contributed by atoms with Gasteiger partial charge in [0, 0.05) is 64.3 Å². The Balaban J connectivity index is 1.17. The molecule has 0 radical (unpaired) electrons. The number of para-hydroxylation sites is 2. The second kappa shape index (κ2) is 13.0. The van der Waals surface area contributed by atoms with Gasteiger partial charge in [0.2, 0.25) is 0 Å². The smallest absolute Gasteiger partial charge is 0.160 e. The third-order valence-corrected chi connectivity index (χ3v) is 13.0. The molecule has 0 saturated heterocycles. The SMILES string of the molecule is CC1C/C=C(c2c(-n3c4ccccc4c4cc5ccccc5cc43)ccc3oc4ccccc4c23)/N=C(c2ccccc2)\N=C/1c1cccc2sc3ccccc3c12. The minimum absolute atomic E-state index is 0.0943. The molecule has 0 bridgehead atoms. The zero-order valence-electron chi connectivity index (χ0n) is 31.7. The first-order valence-corrected chi connectivity index (χ1v) is 20.7. The van der Waals surface area contributed by atoms with Crippen molar-refractivity contribution in [1.29, 1.82) is 0 Å². The number of rotatable bonds is 4. The number of amidine groups is 1. The van der Waals surface area contributed by atoms with Crippen LogP contribution in [0.1, 0.15) is 30.0 Å². The molecule has 11 aromatic rings. The van der Waals surface area contributed by atoms with E-state index in [2.05, 4.69) is 181 Å². The monoisotopic (exact) mass is 761 g/mol. The van der Waals surface area contributed by atoms with Gasteiger partial charge in [-0.1, -0.05) is 134 Å². The van der Waals surface area contributed by atoms with Crippen LogP contribution >= 0.6 is 11.3 Å². The Morgan fingerprint density at radius 2 is 1.29 bits per heavy atom. The van der Waals surface area contributed by atoms with E-state index in [1.807, 2.05) is 17.4 Å². The van der Waals surface area contributed by atoms with Gasteiger partial charge in [-0.2, -0.15) is 0 Å². The van der Waals surface area contributed by atoms with Crippen molar-refractivity contribution in [2.75, 3.05) is 0 Å². The topological polar surface area (TPSA) is 42.8 Å². The molecule has 5 heteroatoms. The quantitative estimate of drug-likeness (QED) is 0.176. The van der Waals surface area contributed by atoms with Crippen LogP contribution in [-0.2, 0) is 0 Å². The first-order valence-electron chi connectivity index (χ1n) is 19.9. The third kappa shape index (κ3) is 5.07. The van der Waals surface area contributed by atoms with Crippen LogP contribution in [0.25, 0.3) is 86.1 Å². The molecule has 0 saturated carbocycles. The maximum atomic E-state index is 6.61. The number of hydrogen-bond donors (Lipinski definition) is 0. The van der Waals surface area contributed by atoms with Crippen LogP contribution in [0.2, 0.25) is 0 Å². The van der Waals surface area contributed by atoms with E-state index in [0.717, 1.165) is 67.6 Å². The summed E-state index contributed by atoms with van der Waals surface area (Å²) in [6.45, 7) is 2.31. The number of hydrogen-bond acceptors (Lipinski definition) is 4. The molecule has 58 heavy (non-hydrogen) atoms. The van der Waals surface area contributed by atoms with Crippen molar-refractivity contribution < 1.29 is 4.42 Å². The van der Waals surface area contributed by atoms with Crippen LogP contribution in [0.3, 0.4) is 0 Å². The van der Waals surface area contributed by atoms with E-state index in [1.54, 1.807) is 0 Å². The summed E-state index contributed by atoms with van der Waals surface area (Å²) in [6.07, 6.45) is 3.10. The zero-order valence-corrected chi connectivity index (χ0v) is 32.5. The van der Waals surface area contributed by atoms with Crippen LogP contribution < -0.4 is 0 Å². The summed E-state index contributed by atoms with van der Waals surface area (Å²) in [6, 6.07) is 60.6. The van der Waals surface area contributed by atoms with Crippen LogP contribution in [0.4, 0.5) is 0 Å². The van der Waals surface area contributed by atoms with Gasteiger partial charge in [-0.05, 0) is 65.7 Å². The lowest BCUT2D eigenvalue weighted by Crippen LogP contribution is -2.17. The highest BCUT2D eigenvalue weighted by atomic mass is 32.1. The molecule has 0 spiro atoms. The number of thiophene rings is 1. The van der Waals surface area contributed by atoms with E-state index in [1.165, 1.54) is 47.3 Å². The van der Waals surface area contributed by atoms with Gasteiger partial charge in [0.25, 0.3) is 0 Å². The Labute approximate surface area is 338 Å². The van der Waals surface area contributed by atoms with Crippen LogP contribution in [0, 0.1) is 5.92 Å². The second-order valence-corrected chi connectivity index (χ2v) is 16.4. The van der Waals surface area contributed by atoms with E-state index in [-0.39, 0.29) is 5.92 Å². The highest BCUT2D eigenvalue weighted by Gasteiger charge is 2.26. The minimum Gasteiger partial charge on any atom is -0.456 e. The van der Waals surface area contributed by atoms with Crippen molar-refractivity contribution in [1.82, 2.24) is 4.57 Å². The number of nitrogens with zero attached hydrogens (tertiary/aromatic N) is 3. The third-order valence-electron chi connectivity index (χ3n) is 11.9. The highest BCUT2D eigenvalue weighted by molar-refractivity contribution is 7.25. The Morgan fingerprint density at radius 3 is 2.17 bits per heavy atom. The van der Waals surface area contributed by atoms with Crippen LogP contribution in [0.15, 0.2) is 190 Å². The lowest BCUT2D eigenvalue weighted by molar-refractivity contribution is 0.669. The van der Waals surface area contributed by atoms with Gasteiger partial charge in [0.1, 0.15) is 11.2 Å². The maximum Gasteiger partial charge on any atom is 0.160 e. The standard InChI is InChI=1S/C53H35N3OS/c1-32-26-27-41(54-53(33-14-3-2-4-15-33)55-52(32)39-21-13-25-48-49(39)38-20-9-12-24-47(38)58-48)51-43(28-29-46-50(51)37-19-8-11-23-45(37)57-46)56-42-22-10-7-18-36(42)40-30-34-16-5-6-17-35(34)31-44(40)56/h2-25,27-32H,26H2,1H3/b41-27+,54-53-,55-52+. The molecule has 1 aliphatic rings. The summed E-state index contributed by atoms with van der Waals surface area (Å²) >= 11 is 1.84. The summed E-state index contributed by atoms with van der Waals surface area (Å²) in [5, 5.41) is 9.51. The molecule has 0 fully saturated rings. The highest BCUT2D eigenvalue weighted by Crippen LogP contribution is 2.44. The summed E-state index contributed by atoms with van der Waals surface area (Å²) in [5.74, 6) is 0.783. The fourth-order valence-corrected chi connectivity index (χ4v) is 10.3. The van der Waals surface area contributed by atoms with E-state index in [0.29, 0.717) is 5.84 Å². The predicted octanol–water partition coefficient (Wildman–Crippen LogP) is 14.5. The van der Waals surface area contributed by atoms with E-state index in [4.69, 9.17) is 14.4 Å². The molecule has 0 aliphatic carbocycles. The van der Waals surface area contributed by atoms with Crippen molar-refractivity contribution in [2.24, 2.45) is 15.9 Å². The number of aromatic nitrogens is 1. The number of allylic oxidation sites excluding steroid dienone is 1. The number of fused-ring (bicyclic) bond motifs is 10. The lowest BCUT2D eigenvalue weighted by Gasteiger charge is -2.21. The molecule has 8 aromatic carbocycles. The van der Waals surface area contributed by atoms with E-state index < -0.39 is 0 Å². The van der Waals surface area contributed by atoms with Gasteiger partial charge in [-0.15, -0.1) is 11.3 Å². The summed E-state index contributed by atoms with van der Waals surface area (Å²) in [5.41, 5.74) is 10.1. The first kappa shape index (κ1) is 33.1. The molecule has 4 nitrogen and oxygen atoms in total. The summed E-state index contributed by atoms with van der Waals surface area (Å²) in [7, 11) is 0. The minimum atomic E-state index is 0.0943. The molecular formula is C53H35N3OS. The molecule has 0 amide bonds.